The third-order valence-corrected chi connectivity index (χ3v) is 2.75. The van der Waals surface area contributed by atoms with E-state index in [9.17, 15) is 0 Å². The molecule has 14 heavy (non-hydrogen) atoms. The molecule has 0 amide bonds. The molecule has 0 unspecified atom stereocenters. The van der Waals surface area contributed by atoms with Crippen molar-refractivity contribution in [3.05, 3.63) is 48.7 Å². The van der Waals surface area contributed by atoms with Crippen LogP contribution in [0.4, 0.5) is 0 Å². The van der Waals surface area contributed by atoms with Crippen LogP contribution < -0.4 is 0 Å². The van der Waals surface area contributed by atoms with E-state index in [0.29, 0.717) is 0 Å². The molecule has 1 aromatic heterocycles. The zero-order valence-corrected chi connectivity index (χ0v) is 8.67. The second-order valence-corrected chi connectivity index (χ2v) is 3.44. The summed E-state index contributed by atoms with van der Waals surface area (Å²) < 4.78 is 1.83. The monoisotopic (exact) mass is 201 g/mol. The van der Waals surface area contributed by atoms with E-state index >= 15 is 0 Å². The first-order valence-corrected chi connectivity index (χ1v) is 4.77. The highest BCUT2D eigenvalue weighted by Gasteiger charge is 2.09. The largest absolute Gasteiger partial charge is 0.286 e. The van der Waals surface area contributed by atoms with Crippen molar-refractivity contribution in [1.29, 1.82) is 0 Å². The highest BCUT2D eigenvalue weighted by Crippen LogP contribution is 2.28. The van der Waals surface area contributed by atoms with Crippen molar-refractivity contribution in [1.82, 2.24) is 3.97 Å². The van der Waals surface area contributed by atoms with Gasteiger partial charge < -0.3 is 0 Å². The van der Waals surface area contributed by atoms with Gasteiger partial charge in [-0.2, -0.15) is 0 Å². The number of hydrogen-bond acceptors (Lipinski definition) is 1. The summed E-state index contributed by atoms with van der Waals surface area (Å²) in [5.41, 5.74) is 3.16. The van der Waals surface area contributed by atoms with Crippen LogP contribution in [0.15, 0.2) is 37.4 Å². The maximum atomic E-state index is 4.42. The van der Waals surface area contributed by atoms with E-state index in [4.69, 9.17) is 0 Å². The first-order chi connectivity index (χ1) is 6.79. The van der Waals surface area contributed by atoms with E-state index in [1.54, 1.807) is 6.08 Å². The molecule has 0 saturated heterocycles. The minimum atomic E-state index is 0.990. The van der Waals surface area contributed by atoms with Crippen LogP contribution >= 0.6 is 12.8 Å². The molecule has 2 rings (SSSR count). The second kappa shape index (κ2) is 3.39. The van der Waals surface area contributed by atoms with Gasteiger partial charge in [0.15, 0.2) is 0 Å². The Balaban J connectivity index is 2.98. The van der Waals surface area contributed by atoms with Gasteiger partial charge in [-0.25, -0.2) is 0 Å². The summed E-state index contributed by atoms with van der Waals surface area (Å²) in [6, 6.07) is 8.10. The molecule has 0 saturated carbocycles. The highest BCUT2D eigenvalue weighted by molar-refractivity contribution is 7.78. The maximum Gasteiger partial charge on any atom is 0.0602 e. The Morgan fingerprint density at radius 1 is 1.14 bits per heavy atom. The summed E-state index contributed by atoms with van der Waals surface area (Å²) in [6.07, 6.45) is 3.64. The smallest absolute Gasteiger partial charge is 0.0602 e. The van der Waals surface area contributed by atoms with Crippen molar-refractivity contribution in [3.63, 3.8) is 0 Å². The van der Waals surface area contributed by atoms with Crippen molar-refractivity contribution < 1.29 is 0 Å². The molecule has 0 fully saturated rings. The Hall–Kier alpha value is -1.41. The van der Waals surface area contributed by atoms with Gasteiger partial charge in [0.25, 0.3) is 0 Å². The molecule has 2 aromatic rings. The number of rotatable bonds is 2. The van der Waals surface area contributed by atoms with E-state index in [2.05, 4.69) is 32.0 Å². The molecule has 0 aliphatic rings. The molecular weight excluding hydrogens is 190 g/mol. The normalized spacial score (nSPS) is 10.4. The van der Waals surface area contributed by atoms with Crippen LogP contribution in [0.3, 0.4) is 0 Å². The number of nitrogens with zero attached hydrogens (tertiary/aromatic N) is 1. The molecule has 0 bridgehead atoms. The van der Waals surface area contributed by atoms with Gasteiger partial charge in [-0.1, -0.05) is 50.2 Å². The Morgan fingerprint density at radius 3 is 2.50 bits per heavy atom. The summed E-state index contributed by atoms with van der Waals surface area (Å²) in [5.74, 6) is 0. The molecule has 1 heterocycles. The summed E-state index contributed by atoms with van der Waals surface area (Å²) in [5, 5.41) is 1.16. The molecule has 0 N–H and O–H groups in total. The molecule has 1 aromatic carbocycles. The standard InChI is InChI=1S/C12H11NS/c1-3-9-10-7-5-6-8-12(10)13(14)11(9)4-2/h3-8,14H,1-2H2. The average molecular weight is 201 g/mol. The van der Waals surface area contributed by atoms with Crippen molar-refractivity contribution in [3.8, 4) is 0 Å². The molecule has 70 valence electrons. The number of thiol groups is 1. The summed E-state index contributed by atoms with van der Waals surface area (Å²) in [6.45, 7) is 7.59. The molecular formula is C12H11NS. The van der Waals surface area contributed by atoms with Crippen molar-refractivity contribution in [2.75, 3.05) is 0 Å². The predicted octanol–water partition coefficient (Wildman–Crippen LogP) is 3.62. The first kappa shape index (κ1) is 9.16. The van der Waals surface area contributed by atoms with Gasteiger partial charge in [0.2, 0.25) is 0 Å². The third-order valence-electron chi connectivity index (χ3n) is 2.32. The van der Waals surface area contributed by atoms with Crippen molar-refractivity contribution >= 4 is 35.9 Å². The maximum absolute atomic E-state index is 4.42. The second-order valence-electron chi connectivity index (χ2n) is 3.04. The quantitative estimate of drug-likeness (QED) is 0.708. The molecule has 0 aliphatic heterocycles. The van der Waals surface area contributed by atoms with E-state index in [0.717, 1.165) is 22.2 Å². The van der Waals surface area contributed by atoms with E-state index in [-0.39, 0.29) is 0 Å². The van der Waals surface area contributed by atoms with Crippen LogP contribution in [0.5, 0.6) is 0 Å². The number of fused-ring (bicyclic) bond motifs is 1. The fourth-order valence-electron chi connectivity index (χ4n) is 1.68. The van der Waals surface area contributed by atoms with Crippen molar-refractivity contribution in [2.45, 2.75) is 0 Å². The Labute approximate surface area is 88.9 Å². The van der Waals surface area contributed by atoms with Crippen LogP contribution in [0.1, 0.15) is 11.3 Å². The van der Waals surface area contributed by atoms with Gasteiger partial charge in [-0.3, -0.25) is 3.97 Å². The van der Waals surface area contributed by atoms with Crippen LogP contribution in [-0.2, 0) is 0 Å². The topological polar surface area (TPSA) is 4.93 Å². The number of benzene rings is 1. The minimum Gasteiger partial charge on any atom is -0.286 e. The zero-order valence-electron chi connectivity index (χ0n) is 7.77. The fourth-order valence-corrected chi connectivity index (χ4v) is 2.04. The van der Waals surface area contributed by atoms with Crippen LogP contribution in [0.25, 0.3) is 23.1 Å². The van der Waals surface area contributed by atoms with Crippen LogP contribution in [0, 0.1) is 0 Å². The lowest BCUT2D eigenvalue weighted by atomic mass is 10.1. The Kier molecular flexibility index (Phi) is 2.22. The van der Waals surface area contributed by atoms with Crippen molar-refractivity contribution in [2.24, 2.45) is 0 Å². The van der Waals surface area contributed by atoms with Gasteiger partial charge in [0.05, 0.1) is 11.2 Å². The highest BCUT2D eigenvalue weighted by atomic mass is 32.1. The van der Waals surface area contributed by atoms with E-state index in [1.807, 2.05) is 28.2 Å². The van der Waals surface area contributed by atoms with Gasteiger partial charge in [-0.05, 0) is 12.1 Å². The predicted molar refractivity (Wildman–Crippen MR) is 66.5 cm³/mol. The van der Waals surface area contributed by atoms with E-state index in [1.165, 1.54) is 0 Å². The minimum absolute atomic E-state index is 0.990. The van der Waals surface area contributed by atoms with Gasteiger partial charge in [0.1, 0.15) is 0 Å². The van der Waals surface area contributed by atoms with Gasteiger partial charge in [0, 0.05) is 10.9 Å². The van der Waals surface area contributed by atoms with Gasteiger partial charge in [-0.15, -0.1) is 0 Å². The molecule has 2 heteroatoms. The lowest BCUT2D eigenvalue weighted by molar-refractivity contribution is 1.33. The number of hydrogen-bond donors (Lipinski definition) is 1. The number of aromatic nitrogens is 1. The molecule has 0 atom stereocenters. The molecule has 0 aliphatic carbocycles. The lowest BCUT2D eigenvalue weighted by Crippen LogP contribution is -1.82. The fraction of sp³-hybridized carbons (Fsp3) is 0. The Morgan fingerprint density at radius 2 is 1.86 bits per heavy atom. The van der Waals surface area contributed by atoms with Crippen LogP contribution in [-0.4, -0.2) is 3.97 Å². The third kappa shape index (κ3) is 1.11. The number of para-hydroxylation sites is 1. The molecule has 0 radical (unpaired) electrons. The lowest BCUT2D eigenvalue weighted by Gasteiger charge is -1.96. The zero-order chi connectivity index (χ0) is 10.1. The molecule has 1 nitrogen and oxygen atoms in total. The van der Waals surface area contributed by atoms with Gasteiger partial charge >= 0.3 is 0 Å². The molecule has 0 spiro atoms. The SMILES string of the molecule is C=Cc1c(C=C)n(S)c2ccccc12. The van der Waals surface area contributed by atoms with E-state index < -0.39 is 0 Å². The first-order valence-electron chi connectivity index (χ1n) is 4.37. The summed E-state index contributed by atoms with van der Waals surface area (Å²) >= 11 is 4.42. The summed E-state index contributed by atoms with van der Waals surface area (Å²) in [7, 11) is 0. The Bertz CT molecular complexity index is 508. The van der Waals surface area contributed by atoms with Crippen LogP contribution in [0.2, 0.25) is 0 Å². The average Bonchev–Trinajstić information content (AvgIpc) is 2.51. The summed E-state index contributed by atoms with van der Waals surface area (Å²) in [4.78, 5) is 0.